The van der Waals surface area contributed by atoms with Crippen molar-refractivity contribution < 1.29 is 22.3 Å². The number of hydrogen-bond acceptors (Lipinski definition) is 9. The minimum absolute atomic E-state index is 0.116. The Labute approximate surface area is 250 Å². The highest BCUT2D eigenvalue weighted by Gasteiger charge is 2.25. The van der Waals surface area contributed by atoms with Crippen molar-refractivity contribution in [2.24, 2.45) is 0 Å². The normalized spacial score (nSPS) is 17.0. The Morgan fingerprint density at radius 1 is 1.05 bits per heavy atom. The van der Waals surface area contributed by atoms with Gasteiger partial charge in [0, 0.05) is 72.3 Å². The van der Waals surface area contributed by atoms with Gasteiger partial charge in [-0.05, 0) is 49.1 Å². The summed E-state index contributed by atoms with van der Waals surface area (Å²) < 4.78 is 60.4. The third kappa shape index (κ3) is 6.30. The Bertz CT molecular complexity index is 1630. The van der Waals surface area contributed by atoms with Crippen LogP contribution in [0.1, 0.15) is 31.0 Å². The minimum atomic E-state index is -2.51. The van der Waals surface area contributed by atoms with Gasteiger partial charge in [0.15, 0.2) is 5.82 Å². The zero-order valence-electron chi connectivity index (χ0n) is 23.5. The van der Waals surface area contributed by atoms with E-state index in [1.807, 2.05) is 18.2 Å². The molecule has 10 nitrogen and oxygen atoms in total. The Balaban J connectivity index is 1.52. The van der Waals surface area contributed by atoms with Crippen molar-refractivity contribution in [2.75, 3.05) is 61.5 Å². The molecule has 0 spiro atoms. The van der Waals surface area contributed by atoms with E-state index in [-0.39, 0.29) is 24.1 Å². The molecule has 2 fully saturated rings. The number of benzene rings is 2. The number of morpholine rings is 1. The van der Waals surface area contributed by atoms with E-state index >= 15 is 8.78 Å². The summed E-state index contributed by atoms with van der Waals surface area (Å²) in [5.74, 6) is 0.940. The maximum absolute atomic E-state index is 16.0. The van der Waals surface area contributed by atoms with Crippen LogP contribution in [0.5, 0.6) is 0 Å². The second-order valence-electron chi connectivity index (χ2n) is 10.6. The van der Waals surface area contributed by atoms with Crippen LogP contribution >= 0.6 is 0 Å². The molecule has 2 aromatic heterocycles. The van der Waals surface area contributed by atoms with Crippen molar-refractivity contribution in [3.8, 4) is 22.5 Å². The highest BCUT2D eigenvalue weighted by Crippen LogP contribution is 2.40. The lowest BCUT2D eigenvalue weighted by molar-refractivity contribution is 0.122. The van der Waals surface area contributed by atoms with Gasteiger partial charge in [-0.25, -0.2) is 28.5 Å². The molecule has 2 aliphatic rings. The zero-order chi connectivity index (χ0) is 29.9. The van der Waals surface area contributed by atoms with E-state index in [0.29, 0.717) is 49.3 Å². The summed E-state index contributed by atoms with van der Waals surface area (Å²) in [6.45, 7) is 3.88. The van der Waals surface area contributed by atoms with Gasteiger partial charge in [-0.15, -0.1) is 0 Å². The molecule has 6 rings (SSSR count). The van der Waals surface area contributed by atoms with Crippen molar-refractivity contribution in [1.82, 2.24) is 19.7 Å². The summed E-state index contributed by atoms with van der Waals surface area (Å²) in [7, 11) is 0. The smallest absolute Gasteiger partial charge is 0.163 e. The van der Waals surface area contributed by atoms with E-state index in [1.54, 1.807) is 24.4 Å². The van der Waals surface area contributed by atoms with E-state index in [0.717, 1.165) is 48.1 Å². The summed E-state index contributed by atoms with van der Waals surface area (Å²) in [5, 5.41) is 0.761. The predicted octanol–water partition coefficient (Wildman–Crippen LogP) is 4.30. The molecule has 2 unspecified atom stereocenters. The Morgan fingerprint density at radius 2 is 1.84 bits per heavy atom. The number of nitrogens with zero attached hydrogens (tertiary/aromatic N) is 5. The Morgan fingerprint density at radius 3 is 2.56 bits per heavy atom. The fourth-order valence-corrected chi connectivity index (χ4v) is 5.96. The largest absolute Gasteiger partial charge is 0.760 e. The van der Waals surface area contributed by atoms with Crippen molar-refractivity contribution >= 4 is 39.5 Å². The van der Waals surface area contributed by atoms with Crippen LogP contribution in [0.2, 0.25) is 0 Å². The molecule has 4 heterocycles. The topological polar surface area (TPSA) is 133 Å². The van der Waals surface area contributed by atoms with Crippen LogP contribution in [-0.2, 0) is 16.0 Å². The van der Waals surface area contributed by atoms with Gasteiger partial charge < -0.3 is 24.8 Å². The van der Waals surface area contributed by atoms with Crippen LogP contribution in [0.25, 0.3) is 33.4 Å². The molecule has 43 heavy (non-hydrogen) atoms. The Kier molecular flexibility index (Phi) is 8.75. The number of ether oxygens (including phenoxy) is 1. The third-order valence-electron chi connectivity index (χ3n) is 7.86. The van der Waals surface area contributed by atoms with Gasteiger partial charge >= 0.3 is 0 Å². The number of hydrogen-bond donors (Lipinski definition) is 2. The zero-order valence-corrected chi connectivity index (χ0v) is 24.3. The molecule has 0 radical (unpaired) electrons. The summed E-state index contributed by atoms with van der Waals surface area (Å²) in [6.07, 6.45) is 1.83. The standard InChI is InChI=1S/C30H33F2N7O3S/c31-24(8-9-35-43(40)41)22-5-3-4-21(27(22)32)20-16-23-28(25(17-20)38-10-1-2-11-38)36-29(19-6-7-26(33)34-18-19)37-30(23)39-12-14-42-15-13-39/h3-7,16-18,24,35H,1-2,8-15H2,(H2,33,34)(H,40,41)/p-1. The quantitative estimate of drug-likeness (QED) is 0.267. The first kappa shape index (κ1) is 29.3. The lowest BCUT2D eigenvalue weighted by Crippen LogP contribution is -2.37. The molecule has 13 heteroatoms. The van der Waals surface area contributed by atoms with Crippen LogP contribution in [0.3, 0.4) is 0 Å². The fourth-order valence-electron chi connectivity index (χ4n) is 5.68. The number of nitrogens with one attached hydrogen (secondary N) is 1. The van der Waals surface area contributed by atoms with Crippen molar-refractivity contribution in [1.29, 1.82) is 0 Å². The van der Waals surface area contributed by atoms with Gasteiger partial charge in [0.25, 0.3) is 0 Å². The number of pyridine rings is 1. The van der Waals surface area contributed by atoms with E-state index < -0.39 is 23.3 Å². The average molecular weight is 609 g/mol. The van der Waals surface area contributed by atoms with Gasteiger partial charge in [-0.3, -0.25) is 4.21 Å². The van der Waals surface area contributed by atoms with Gasteiger partial charge in [-0.1, -0.05) is 18.2 Å². The first-order valence-electron chi connectivity index (χ1n) is 14.3. The summed E-state index contributed by atoms with van der Waals surface area (Å²) in [5.41, 5.74) is 8.88. The van der Waals surface area contributed by atoms with E-state index in [9.17, 15) is 8.76 Å². The number of nitrogen functional groups attached to an aromatic ring is 1. The lowest BCUT2D eigenvalue weighted by atomic mass is 9.96. The molecule has 0 saturated carbocycles. The molecule has 3 N–H and O–H groups in total. The lowest BCUT2D eigenvalue weighted by Gasteiger charge is -2.30. The molecule has 2 saturated heterocycles. The van der Waals surface area contributed by atoms with E-state index in [4.69, 9.17) is 20.4 Å². The van der Waals surface area contributed by atoms with Crippen LogP contribution < -0.4 is 20.3 Å². The van der Waals surface area contributed by atoms with Gasteiger partial charge in [0.1, 0.15) is 23.6 Å². The molecule has 0 bridgehead atoms. The number of fused-ring (bicyclic) bond motifs is 1. The maximum atomic E-state index is 16.0. The molecule has 2 aromatic carbocycles. The minimum Gasteiger partial charge on any atom is -0.760 e. The average Bonchev–Trinajstić information content (AvgIpc) is 3.56. The Hall–Kier alpha value is -3.78. The number of aromatic nitrogens is 3. The van der Waals surface area contributed by atoms with Crippen LogP contribution in [0, 0.1) is 5.82 Å². The van der Waals surface area contributed by atoms with Crippen LogP contribution in [-0.4, -0.2) is 69.7 Å². The highest BCUT2D eigenvalue weighted by atomic mass is 32.2. The second-order valence-corrected chi connectivity index (χ2v) is 11.4. The predicted molar refractivity (Wildman–Crippen MR) is 162 cm³/mol. The number of alkyl halides is 1. The van der Waals surface area contributed by atoms with E-state index in [2.05, 4.69) is 19.5 Å². The summed E-state index contributed by atoms with van der Waals surface area (Å²) >= 11 is -2.51. The molecule has 0 aliphatic carbocycles. The van der Waals surface area contributed by atoms with Gasteiger partial charge in [0.2, 0.25) is 0 Å². The SMILES string of the molecule is Nc1ccc(-c2nc(N3CCOCC3)c3cc(-c4cccc(C(F)CCNS(=O)[O-])c4F)cc(N4CCCC4)c3n2)cn1. The molecular formula is C30H32F2N7O3S-. The molecule has 2 aliphatic heterocycles. The van der Waals surface area contributed by atoms with Crippen molar-refractivity contribution in [2.45, 2.75) is 25.4 Å². The number of halogens is 2. The van der Waals surface area contributed by atoms with Gasteiger partial charge in [-0.2, -0.15) is 0 Å². The molecule has 2 atom stereocenters. The molecule has 0 amide bonds. The molecule has 226 valence electrons. The summed E-state index contributed by atoms with van der Waals surface area (Å²) in [4.78, 5) is 18.7. The van der Waals surface area contributed by atoms with Crippen LogP contribution in [0.4, 0.5) is 26.1 Å². The highest BCUT2D eigenvalue weighted by molar-refractivity contribution is 7.77. The fraction of sp³-hybridized carbons (Fsp3) is 0.367. The number of anilines is 3. The summed E-state index contributed by atoms with van der Waals surface area (Å²) in [6, 6.07) is 12.0. The first-order chi connectivity index (χ1) is 20.9. The first-order valence-corrected chi connectivity index (χ1v) is 15.4. The second kappa shape index (κ2) is 12.8. The molecule has 4 aromatic rings. The monoisotopic (exact) mass is 608 g/mol. The van der Waals surface area contributed by atoms with Crippen molar-refractivity contribution in [3.05, 3.63) is 60.0 Å². The number of rotatable bonds is 9. The van der Waals surface area contributed by atoms with E-state index in [1.165, 1.54) is 6.07 Å². The maximum Gasteiger partial charge on any atom is 0.163 e. The van der Waals surface area contributed by atoms with Crippen molar-refractivity contribution in [3.63, 3.8) is 0 Å². The molecular weight excluding hydrogens is 576 g/mol. The van der Waals surface area contributed by atoms with Crippen LogP contribution in [0.15, 0.2) is 48.7 Å². The van der Waals surface area contributed by atoms with Gasteiger partial charge in [0.05, 0.1) is 24.4 Å². The number of nitrogens with two attached hydrogens (primary N) is 1. The third-order valence-corrected chi connectivity index (χ3v) is 8.30.